The fourth-order valence-corrected chi connectivity index (χ4v) is 12.7. The normalized spacial score (nSPS) is 14.1. The highest BCUT2D eigenvalue weighted by Gasteiger charge is 2.30. The number of carbonyl (C=O) groups is 4. The molecule has 0 aliphatic rings. The fourth-order valence-electron chi connectivity index (χ4n) is 11.1. The molecular formula is C73H142O17P2. The number of phosphoric ester groups is 2. The van der Waals surface area contributed by atoms with Crippen molar-refractivity contribution in [1.29, 1.82) is 0 Å². The standard InChI is InChI=1S/C73H142O17P2/c1-7-9-11-13-15-16-17-18-19-20-23-26-29-32-38-44-50-56-71(76)84-62-69(89-72(77)57-51-45-39-33-30-27-24-21-22-25-28-31-36-41-47-53-65(3)4)64-88-92(81,82)86-60-67(74)59-85-91(79,80)87-63-68(61-83-70(75)55-49-43-35-14-12-10-8-2)90-73(78)58-52-46-40-34-37-42-48-54-66(5)6/h65-69,74H,7-64H2,1-6H3,(H,79,80)(H,81,82)/t67-,68+,69+/m0/s1. The van der Waals surface area contributed by atoms with E-state index in [9.17, 15) is 43.2 Å². The third-order valence-electron chi connectivity index (χ3n) is 17.0. The van der Waals surface area contributed by atoms with Crippen LogP contribution in [0.5, 0.6) is 0 Å². The first-order chi connectivity index (χ1) is 44.4. The van der Waals surface area contributed by atoms with Gasteiger partial charge < -0.3 is 33.8 Å². The van der Waals surface area contributed by atoms with Gasteiger partial charge in [-0.05, 0) is 37.5 Å². The number of carbonyl (C=O) groups excluding carboxylic acids is 4. The summed E-state index contributed by atoms with van der Waals surface area (Å²) < 4.78 is 68.3. The van der Waals surface area contributed by atoms with Crippen LogP contribution in [-0.4, -0.2) is 96.7 Å². The van der Waals surface area contributed by atoms with E-state index in [1.165, 1.54) is 180 Å². The van der Waals surface area contributed by atoms with Crippen molar-refractivity contribution in [2.45, 2.75) is 394 Å². The van der Waals surface area contributed by atoms with Crippen LogP contribution in [0.15, 0.2) is 0 Å². The predicted octanol–water partition coefficient (Wildman–Crippen LogP) is 21.2. The summed E-state index contributed by atoms with van der Waals surface area (Å²) in [4.78, 5) is 72.5. The fraction of sp³-hybridized carbons (Fsp3) is 0.945. The molecule has 19 heteroatoms. The van der Waals surface area contributed by atoms with Crippen LogP contribution >= 0.6 is 15.6 Å². The van der Waals surface area contributed by atoms with Crippen molar-refractivity contribution in [3.63, 3.8) is 0 Å². The highest BCUT2D eigenvalue weighted by molar-refractivity contribution is 7.47. The predicted molar refractivity (Wildman–Crippen MR) is 372 cm³/mol. The van der Waals surface area contributed by atoms with Crippen LogP contribution in [0, 0.1) is 11.8 Å². The number of phosphoric acid groups is 2. The van der Waals surface area contributed by atoms with E-state index in [0.717, 1.165) is 109 Å². The lowest BCUT2D eigenvalue weighted by atomic mass is 10.0. The zero-order valence-corrected chi connectivity index (χ0v) is 61.6. The minimum absolute atomic E-state index is 0.103. The molecule has 0 aromatic rings. The zero-order valence-electron chi connectivity index (χ0n) is 59.9. The van der Waals surface area contributed by atoms with E-state index in [0.29, 0.717) is 31.6 Å². The summed E-state index contributed by atoms with van der Waals surface area (Å²) in [6, 6.07) is 0. The van der Waals surface area contributed by atoms with Crippen molar-refractivity contribution in [2.24, 2.45) is 11.8 Å². The number of aliphatic hydroxyl groups is 1. The number of ether oxygens (including phenoxy) is 4. The van der Waals surface area contributed by atoms with E-state index in [1.54, 1.807) is 0 Å². The van der Waals surface area contributed by atoms with Gasteiger partial charge in [-0.25, -0.2) is 9.13 Å². The Morgan fingerprint density at radius 1 is 0.293 bits per heavy atom. The molecule has 0 saturated heterocycles. The van der Waals surface area contributed by atoms with Gasteiger partial charge in [-0.3, -0.25) is 37.3 Å². The number of hydrogen-bond acceptors (Lipinski definition) is 15. The van der Waals surface area contributed by atoms with Crippen LogP contribution in [0.2, 0.25) is 0 Å². The summed E-state index contributed by atoms with van der Waals surface area (Å²) in [5.74, 6) is -0.628. The lowest BCUT2D eigenvalue weighted by Crippen LogP contribution is -2.30. The second-order valence-electron chi connectivity index (χ2n) is 27.3. The smallest absolute Gasteiger partial charge is 0.462 e. The van der Waals surface area contributed by atoms with Crippen molar-refractivity contribution < 1.29 is 80.2 Å². The Labute approximate surface area is 562 Å². The monoisotopic (exact) mass is 1350 g/mol. The van der Waals surface area contributed by atoms with E-state index >= 15 is 0 Å². The Bertz CT molecular complexity index is 1790. The number of unbranched alkanes of at least 4 members (excludes halogenated alkanes) is 42. The molecule has 17 nitrogen and oxygen atoms in total. The Kier molecular flexibility index (Phi) is 63.7. The molecule has 0 fully saturated rings. The molecule has 0 bridgehead atoms. The second kappa shape index (κ2) is 65.0. The van der Waals surface area contributed by atoms with Crippen molar-refractivity contribution in [3.8, 4) is 0 Å². The molecule has 0 radical (unpaired) electrons. The Hall–Kier alpha value is -1.94. The zero-order chi connectivity index (χ0) is 67.9. The van der Waals surface area contributed by atoms with Gasteiger partial charge in [0.2, 0.25) is 0 Å². The summed E-state index contributed by atoms with van der Waals surface area (Å²) in [6.45, 7) is 9.49. The molecule has 3 N–H and O–H groups in total. The lowest BCUT2D eigenvalue weighted by molar-refractivity contribution is -0.161. The van der Waals surface area contributed by atoms with Crippen LogP contribution in [0.1, 0.15) is 375 Å². The van der Waals surface area contributed by atoms with Crippen molar-refractivity contribution in [2.75, 3.05) is 39.6 Å². The molecule has 0 rings (SSSR count). The highest BCUT2D eigenvalue weighted by atomic mass is 31.2. The van der Waals surface area contributed by atoms with Gasteiger partial charge in [0.15, 0.2) is 12.2 Å². The molecule has 0 saturated carbocycles. The van der Waals surface area contributed by atoms with E-state index in [1.807, 2.05) is 0 Å². The van der Waals surface area contributed by atoms with Gasteiger partial charge in [-0.1, -0.05) is 324 Å². The first-order valence-electron chi connectivity index (χ1n) is 38.0. The minimum Gasteiger partial charge on any atom is -0.462 e. The SMILES string of the molecule is CCCCCCCCCCCCCCCCCCCC(=O)OC[C@H](COP(=O)(O)OC[C@@H](O)COP(=O)(O)OC[C@@H](COC(=O)CCCCCCCCC)OC(=O)CCCCCCCCCC(C)C)OC(=O)CCCCCCCCCCCCCCCCCC(C)C. The minimum atomic E-state index is -4.95. The van der Waals surface area contributed by atoms with Gasteiger partial charge in [0, 0.05) is 25.7 Å². The summed E-state index contributed by atoms with van der Waals surface area (Å²) >= 11 is 0. The van der Waals surface area contributed by atoms with E-state index in [2.05, 4.69) is 41.5 Å². The van der Waals surface area contributed by atoms with E-state index in [-0.39, 0.29) is 25.7 Å². The largest absolute Gasteiger partial charge is 0.472 e. The highest BCUT2D eigenvalue weighted by Crippen LogP contribution is 2.45. The first-order valence-corrected chi connectivity index (χ1v) is 41.0. The average Bonchev–Trinajstić information content (AvgIpc) is 2.38. The maximum absolute atomic E-state index is 13.1. The molecule has 0 amide bonds. The third kappa shape index (κ3) is 66.7. The van der Waals surface area contributed by atoms with Gasteiger partial charge >= 0.3 is 39.5 Å². The molecule has 0 aromatic carbocycles. The van der Waals surface area contributed by atoms with E-state index < -0.39 is 97.5 Å². The molecule has 92 heavy (non-hydrogen) atoms. The van der Waals surface area contributed by atoms with E-state index in [4.69, 9.17) is 37.0 Å². The van der Waals surface area contributed by atoms with Gasteiger partial charge in [-0.2, -0.15) is 0 Å². The summed E-state index contributed by atoms with van der Waals surface area (Å²) in [5.41, 5.74) is 0. The molecule has 2 unspecified atom stereocenters. The van der Waals surface area contributed by atoms with Crippen LogP contribution in [0.4, 0.5) is 0 Å². The Balaban J connectivity index is 5.18. The first kappa shape index (κ1) is 90.1. The van der Waals surface area contributed by atoms with Crippen LogP contribution in [-0.2, 0) is 65.4 Å². The molecule has 0 aromatic heterocycles. The number of hydrogen-bond donors (Lipinski definition) is 3. The lowest BCUT2D eigenvalue weighted by Gasteiger charge is -2.21. The summed E-state index contributed by atoms with van der Waals surface area (Å²) in [7, 11) is -9.90. The Morgan fingerprint density at radius 2 is 0.500 bits per heavy atom. The van der Waals surface area contributed by atoms with Crippen molar-refractivity contribution >= 4 is 39.5 Å². The number of rotatable bonds is 72. The molecular weight excluding hydrogens is 1210 g/mol. The number of esters is 4. The number of aliphatic hydroxyl groups excluding tert-OH is 1. The van der Waals surface area contributed by atoms with Gasteiger partial charge in [-0.15, -0.1) is 0 Å². The summed E-state index contributed by atoms with van der Waals surface area (Å²) in [5, 5.41) is 10.6. The quantitative estimate of drug-likeness (QED) is 0.0222. The van der Waals surface area contributed by atoms with Gasteiger partial charge in [0.1, 0.15) is 19.3 Å². The maximum Gasteiger partial charge on any atom is 0.472 e. The molecule has 5 atom stereocenters. The van der Waals surface area contributed by atoms with Crippen molar-refractivity contribution in [1.82, 2.24) is 0 Å². The van der Waals surface area contributed by atoms with Crippen molar-refractivity contribution in [3.05, 3.63) is 0 Å². The molecule has 0 aliphatic carbocycles. The topological polar surface area (TPSA) is 237 Å². The third-order valence-corrected chi connectivity index (χ3v) is 18.9. The molecule has 0 aliphatic heterocycles. The average molecular weight is 1350 g/mol. The second-order valence-corrected chi connectivity index (χ2v) is 30.2. The van der Waals surface area contributed by atoms with Gasteiger partial charge in [0.25, 0.3) is 0 Å². The van der Waals surface area contributed by atoms with Crippen LogP contribution in [0.25, 0.3) is 0 Å². The van der Waals surface area contributed by atoms with Gasteiger partial charge in [0.05, 0.1) is 26.4 Å². The van der Waals surface area contributed by atoms with Crippen LogP contribution < -0.4 is 0 Å². The summed E-state index contributed by atoms with van der Waals surface area (Å²) in [6.07, 6.45) is 51.6. The van der Waals surface area contributed by atoms with Crippen LogP contribution in [0.3, 0.4) is 0 Å². The Morgan fingerprint density at radius 3 is 0.739 bits per heavy atom. The molecule has 0 heterocycles. The molecule has 546 valence electrons. The maximum atomic E-state index is 13.1. The molecule has 0 spiro atoms.